The molecule has 138 valence electrons. The van der Waals surface area contributed by atoms with Crippen LogP contribution < -0.4 is 10.6 Å². The van der Waals surface area contributed by atoms with Gasteiger partial charge in [-0.25, -0.2) is 4.79 Å². The molecule has 2 atom stereocenters. The van der Waals surface area contributed by atoms with Gasteiger partial charge in [-0.3, -0.25) is 4.79 Å². The molecule has 0 radical (unpaired) electrons. The highest BCUT2D eigenvalue weighted by molar-refractivity contribution is 5.84. The van der Waals surface area contributed by atoms with Crippen LogP contribution in [-0.4, -0.2) is 47.7 Å². The van der Waals surface area contributed by atoms with E-state index in [-0.39, 0.29) is 18.0 Å². The lowest BCUT2D eigenvalue weighted by Gasteiger charge is -2.32. The first kappa shape index (κ1) is 20.4. The third-order valence-corrected chi connectivity index (χ3v) is 4.31. The molecule has 2 unspecified atom stereocenters. The number of hydrogen-bond acceptors (Lipinski definition) is 4. The van der Waals surface area contributed by atoms with Gasteiger partial charge < -0.3 is 25.3 Å². The Labute approximate surface area is 143 Å². The van der Waals surface area contributed by atoms with Gasteiger partial charge in [0.15, 0.2) is 0 Å². The molecule has 0 heterocycles. The molecule has 2 amide bonds. The van der Waals surface area contributed by atoms with Crippen LogP contribution >= 0.6 is 0 Å². The van der Waals surface area contributed by atoms with Crippen LogP contribution in [0, 0.1) is 0 Å². The summed E-state index contributed by atoms with van der Waals surface area (Å²) in [6, 6.07) is -0.137. The minimum absolute atomic E-state index is 0.0291. The highest BCUT2D eigenvalue weighted by Crippen LogP contribution is 2.20. The highest BCUT2D eigenvalue weighted by atomic mass is 16.5. The van der Waals surface area contributed by atoms with Crippen molar-refractivity contribution in [2.75, 3.05) is 6.61 Å². The average molecular weight is 342 g/mol. The number of rotatable bonds is 10. The van der Waals surface area contributed by atoms with Crippen molar-refractivity contribution in [3.8, 4) is 0 Å². The minimum Gasteiger partial charge on any atom is -0.465 e. The smallest absolute Gasteiger partial charge is 0.404 e. The van der Waals surface area contributed by atoms with Crippen molar-refractivity contribution in [1.29, 1.82) is 0 Å². The van der Waals surface area contributed by atoms with Crippen molar-refractivity contribution < 1.29 is 24.2 Å². The predicted octanol–water partition coefficient (Wildman–Crippen LogP) is 2.24. The standard InChI is InChI=1S/C17H30N2O5/c1-17(2,24-11-6-4-3-5-10-20)15(21)18-13-8-7-9-14(12-13)19-16(22)23/h10,13-14,19H,3-9,11-12H2,1-2H3,(H,18,21)(H,22,23). The SMILES string of the molecule is CC(C)(OCCCCCC=O)C(=O)NC1CCCC(NC(=O)O)C1. The first-order valence-corrected chi connectivity index (χ1v) is 8.73. The zero-order chi connectivity index (χ0) is 18.0. The normalized spacial score (nSPS) is 21.1. The Morgan fingerprint density at radius 2 is 1.83 bits per heavy atom. The number of hydrogen-bond donors (Lipinski definition) is 3. The van der Waals surface area contributed by atoms with Gasteiger partial charge in [-0.2, -0.15) is 0 Å². The maximum Gasteiger partial charge on any atom is 0.404 e. The molecule has 3 N–H and O–H groups in total. The number of unbranched alkanes of at least 4 members (excludes halogenated alkanes) is 3. The third-order valence-electron chi connectivity index (χ3n) is 4.31. The number of carbonyl (C=O) groups is 3. The van der Waals surface area contributed by atoms with Gasteiger partial charge in [-0.1, -0.05) is 6.42 Å². The molecular weight excluding hydrogens is 312 g/mol. The van der Waals surface area contributed by atoms with Crippen LogP contribution in [0.4, 0.5) is 4.79 Å². The van der Waals surface area contributed by atoms with Gasteiger partial charge in [0.05, 0.1) is 0 Å². The molecule has 7 heteroatoms. The molecular formula is C17H30N2O5. The summed E-state index contributed by atoms with van der Waals surface area (Å²) in [4.78, 5) is 33.4. The minimum atomic E-state index is -1.02. The molecule has 1 aliphatic rings. The predicted molar refractivity (Wildman–Crippen MR) is 89.9 cm³/mol. The lowest BCUT2D eigenvalue weighted by Crippen LogP contribution is -2.51. The van der Waals surface area contributed by atoms with Gasteiger partial charge in [0.2, 0.25) is 0 Å². The molecule has 0 bridgehead atoms. The first-order valence-electron chi connectivity index (χ1n) is 8.73. The molecule has 0 spiro atoms. The Kier molecular flexibility index (Phi) is 8.74. The Bertz CT molecular complexity index is 425. The number of ether oxygens (including phenoxy) is 1. The van der Waals surface area contributed by atoms with Crippen LogP contribution in [0.5, 0.6) is 0 Å². The topological polar surface area (TPSA) is 105 Å². The summed E-state index contributed by atoms with van der Waals surface area (Å²) >= 11 is 0. The van der Waals surface area contributed by atoms with Crippen molar-refractivity contribution in [2.45, 2.75) is 82.9 Å². The summed E-state index contributed by atoms with van der Waals surface area (Å²) in [5.74, 6) is -0.170. The second kappa shape index (κ2) is 10.3. The molecule has 1 fully saturated rings. The number of carbonyl (C=O) groups excluding carboxylic acids is 2. The van der Waals surface area contributed by atoms with Crippen LogP contribution in [0.15, 0.2) is 0 Å². The zero-order valence-electron chi connectivity index (χ0n) is 14.7. The van der Waals surface area contributed by atoms with E-state index in [4.69, 9.17) is 9.84 Å². The third kappa shape index (κ3) is 7.77. The van der Waals surface area contributed by atoms with Crippen LogP contribution in [0.2, 0.25) is 0 Å². The van der Waals surface area contributed by atoms with Crippen molar-refractivity contribution in [3.63, 3.8) is 0 Å². The zero-order valence-corrected chi connectivity index (χ0v) is 14.7. The first-order chi connectivity index (χ1) is 11.3. The Morgan fingerprint density at radius 1 is 1.17 bits per heavy atom. The molecule has 7 nitrogen and oxygen atoms in total. The Balaban J connectivity index is 2.33. The van der Waals surface area contributed by atoms with Gasteiger partial charge in [0, 0.05) is 25.1 Å². The van der Waals surface area contributed by atoms with E-state index in [1.165, 1.54) is 0 Å². The Hall–Kier alpha value is -1.63. The van der Waals surface area contributed by atoms with E-state index in [1.54, 1.807) is 13.8 Å². The van der Waals surface area contributed by atoms with E-state index in [9.17, 15) is 14.4 Å². The van der Waals surface area contributed by atoms with Gasteiger partial charge in [0.1, 0.15) is 11.9 Å². The molecule has 24 heavy (non-hydrogen) atoms. The van der Waals surface area contributed by atoms with E-state index in [0.717, 1.165) is 44.8 Å². The van der Waals surface area contributed by atoms with Crippen molar-refractivity contribution in [3.05, 3.63) is 0 Å². The van der Waals surface area contributed by atoms with Crippen molar-refractivity contribution in [2.24, 2.45) is 0 Å². The van der Waals surface area contributed by atoms with E-state index in [2.05, 4.69) is 10.6 Å². The van der Waals surface area contributed by atoms with Crippen LogP contribution in [0.3, 0.4) is 0 Å². The van der Waals surface area contributed by atoms with E-state index < -0.39 is 11.7 Å². The number of aldehydes is 1. The summed E-state index contributed by atoms with van der Waals surface area (Å²) in [6.45, 7) is 3.96. The van der Waals surface area contributed by atoms with E-state index in [1.807, 2.05) is 0 Å². The molecule has 0 aromatic rings. The number of carboxylic acid groups (broad SMARTS) is 1. The lowest BCUT2D eigenvalue weighted by molar-refractivity contribution is -0.144. The lowest BCUT2D eigenvalue weighted by atomic mass is 9.90. The fourth-order valence-electron chi connectivity index (χ4n) is 2.89. The summed E-state index contributed by atoms with van der Waals surface area (Å²) in [5.41, 5.74) is -0.919. The van der Waals surface area contributed by atoms with Gasteiger partial charge in [-0.05, 0) is 52.4 Å². The summed E-state index contributed by atoms with van der Waals surface area (Å²) in [6.07, 6.45) is 6.18. The quantitative estimate of drug-likeness (QED) is 0.417. The van der Waals surface area contributed by atoms with Gasteiger partial charge >= 0.3 is 6.09 Å². The Morgan fingerprint density at radius 3 is 2.46 bits per heavy atom. The molecule has 0 aliphatic heterocycles. The van der Waals surface area contributed by atoms with Crippen molar-refractivity contribution >= 4 is 18.3 Å². The molecule has 1 aliphatic carbocycles. The molecule has 1 rings (SSSR count). The number of nitrogens with one attached hydrogen (secondary N) is 2. The van der Waals surface area contributed by atoms with Crippen molar-refractivity contribution in [1.82, 2.24) is 10.6 Å². The van der Waals surface area contributed by atoms with Crippen LogP contribution in [-0.2, 0) is 14.3 Å². The molecule has 0 aromatic carbocycles. The second-order valence-corrected chi connectivity index (χ2v) is 6.86. The van der Waals surface area contributed by atoms with Gasteiger partial charge in [-0.15, -0.1) is 0 Å². The van der Waals surface area contributed by atoms with E-state index >= 15 is 0 Å². The van der Waals surface area contributed by atoms with Crippen LogP contribution in [0.25, 0.3) is 0 Å². The summed E-state index contributed by atoms with van der Waals surface area (Å²) in [7, 11) is 0. The largest absolute Gasteiger partial charge is 0.465 e. The maximum atomic E-state index is 12.4. The monoisotopic (exact) mass is 342 g/mol. The molecule has 0 aromatic heterocycles. The fourth-order valence-corrected chi connectivity index (χ4v) is 2.89. The van der Waals surface area contributed by atoms with E-state index in [0.29, 0.717) is 19.4 Å². The summed E-state index contributed by atoms with van der Waals surface area (Å²) < 4.78 is 5.69. The molecule has 0 saturated heterocycles. The van der Waals surface area contributed by atoms with Gasteiger partial charge in [0.25, 0.3) is 5.91 Å². The second-order valence-electron chi connectivity index (χ2n) is 6.86. The maximum absolute atomic E-state index is 12.4. The fraction of sp³-hybridized carbons (Fsp3) is 0.824. The number of amides is 2. The highest BCUT2D eigenvalue weighted by Gasteiger charge is 2.32. The summed E-state index contributed by atoms with van der Waals surface area (Å²) in [5, 5.41) is 14.3. The molecule has 1 saturated carbocycles. The average Bonchev–Trinajstić information content (AvgIpc) is 2.50. The van der Waals surface area contributed by atoms with Crippen LogP contribution in [0.1, 0.15) is 65.2 Å².